The number of carbonyl (C=O) groups is 1. The van der Waals surface area contributed by atoms with Crippen molar-refractivity contribution in [3.8, 4) is 11.1 Å². The van der Waals surface area contributed by atoms with E-state index >= 15 is 0 Å². The van der Waals surface area contributed by atoms with E-state index in [0.29, 0.717) is 29.2 Å². The van der Waals surface area contributed by atoms with Crippen molar-refractivity contribution >= 4 is 49.7 Å². The topological polar surface area (TPSA) is 101 Å². The number of hydrogen-bond acceptors (Lipinski definition) is 6. The monoisotopic (exact) mass is 476 g/mol. The number of rotatable bonds is 7. The summed E-state index contributed by atoms with van der Waals surface area (Å²) in [6, 6.07) is 9.15. The van der Waals surface area contributed by atoms with Crippen LogP contribution in [0.3, 0.4) is 0 Å². The molecule has 0 spiro atoms. The van der Waals surface area contributed by atoms with Gasteiger partial charge in [-0.15, -0.1) is 11.3 Å². The van der Waals surface area contributed by atoms with Crippen LogP contribution in [0.4, 0.5) is 10.8 Å². The molecule has 1 amide bonds. The molecule has 2 N–H and O–H groups in total. The normalized spacial score (nSPS) is 14.3. The zero-order chi connectivity index (χ0) is 22.2. The average Bonchev–Trinajstić information content (AvgIpc) is 3.50. The molecule has 0 aliphatic heterocycles. The van der Waals surface area contributed by atoms with E-state index in [1.165, 1.54) is 0 Å². The van der Waals surface area contributed by atoms with Gasteiger partial charge in [0.05, 0.1) is 27.1 Å². The lowest BCUT2D eigenvalue weighted by atomic mass is 9.89. The molecule has 3 aromatic rings. The lowest BCUT2D eigenvalue weighted by Gasteiger charge is -2.22. The maximum atomic E-state index is 13.0. The molecule has 0 radical (unpaired) electrons. The number of halogens is 1. The number of anilines is 2. The van der Waals surface area contributed by atoms with Crippen LogP contribution in [0.15, 0.2) is 48.1 Å². The summed E-state index contributed by atoms with van der Waals surface area (Å²) in [5.41, 5.74) is 1.78. The number of nitrogens with zero attached hydrogens (tertiary/aromatic N) is 2. The van der Waals surface area contributed by atoms with Crippen LogP contribution in [-0.4, -0.2) is 29.5 Å². The minimum atomic E-state index is -3.40. The smallest absolute Gasteiger partial charge is 0.237 e. The molecule has 1 aliphatic carbocycles. The van der Waals surface area contributed by atoms with Gasteiger partial charge in [-0.2, -0.15) is 0 Å². The van der Waals surface area contributed by atoms with Crippen LogP contribution >= 0.6 is 22.9 Å². The largest absolute Gasteiger partial charge is 0.324 e. The molecular formula is C21H21ClN4O3S2. The first-order valence-electron chi connectivity index (χ1n) is 9.66. The minimum absolute atomic E-state index is 0.265. The summed E-state index contributed by atoms with van der Waals surface area (Å²) < 4.78 is 26.8. The summed E-state index contributed by atoms with van der Waals surface area (Å²) in [4.78, 5) is 21.4. The molecule has 0 atom stereocenters. The quantitative estimate of drug-likeness (QED) is 0.515. The SMILES string of the molecule is CC(C)(C(=O)Nc1ccc(-c2cccnc2)cc1Cl)c1csc(NS(=O)(=O)C2CC2)n1. The first-order valence-corrected chi connectivity index (χ1v) is 12.5. The van der Waals surface area contributed by atoms with Gasteiger partial charge in [0, 0.05) is 23.3 Å². The highest BCUT2D eigenvalue weighted by Crippen LogP contribution is 2.34. The fraction of sp³-hybridized carbons (Fsp3) is 0.286. The second-order valence-electron chi connectivity index (χ2n) is 7.90. The molecule has 1 aliphatic rings. The Morgan fingerprint density at radius 1 is 1.23 bits per heavy atom. The molecule has 2 heterocycles. The Morgan fingerprint density at radius 3 is 2.65 bits per heavy atom. The van der Waals surface area contributed by atoms with Gasteiger partial charge in [0.1, 0.15) is 0 Å². The number of hydrogen-bond donors (Lipinski definition) is 2. The summed E-state index contributed by atoms with van der Waals surface area (Å²) in [6.07, 6.45) is 4.77. The molecule has 0 bridgehead atoms. The highest BCUT2D eigenvalue weighted by molar-refractivity contribution is 7.93. The molecule has 1 fully saturated rings. The Balaban J connectivity index is 1.49. The zero-order valence-electron chi connectivity index (χ0n) is 16.9. The van der Waals surface area contributed by atoms with Gasteiger partial charge in [0.25, 0.3) is 0 Å². The van der Waals surface area contributed by atoms with Crippen molar-refractivity contribution < 1.29 is 13.2 Å². The van der Waals surface area contributed by atoms with E-state index in [1.807, 2.05) is 18.2 Å². The van der Waals surface area contributed by atoms with Crippen molar-refractivity contribution in [3.63, 3.8) is 0 Å². The molecule has 10 heteroatoms. The lowest BCUT2D eigenvalue weighted by Crippen LogP contribution is -2.35. The van der Waals surface area contributed by atoms with Gasteiger partial charge in [-0.05, 0) is 50.5 Å². The number of aromatic nitrogens is 2. The predicted octanol–water partition coefficient (Wildman–Crippen LogP) is 4.68. The predicted molar refractivity (Wildman–Crippen MR) is 124 cm³/mol. The third kappa shape index (κ3) is 4.73. The van der Waals surface area contributed by atoms with Crippen molar-refractivity contribution in [3.05, 3.63) is 58.8 Å². The molecule has 0 saturated heterocycles. The van der Waals surface area contributed by atoms with E-state index < -0.39 is 15.4 Å². The first kappa shape index (κ1) is 21.7. The third-order valence-electron chi connectivity index (χ3n) is 5.12. The van der Waals surface area contributed by atoms with Crippen LogP contribution in [0.1, 0.15) is 32.4 Å². The van der Waals surface area contributed by atoms with Crippen LogP contribution in [-0.2, 0) is 20.2 Å². The van der Waals surface area contributed by atoms with Crippen LogP contribution in [0, 0.1) is 0 Å². The van der Waals surface area contributed by atoms with Crippen molar-refractivity contribution in [2.75, 3.05) is 10.0 Å². The van der Waals surface area contributed by atoms with Crippen LogP contribution in [0.25, 0.3) is 11.1 Å². The number of amides is 1. The highest BCUT2D eigenvalue weighted by atomic mass is 35.5. The van der Waals surface area contributed by atoms with E-state index in [0.717, 1.165) is 22.5 Å². The lowest BCUT2D eigenvalue weighted by molar-refractivity contribution is -0.120. The van der Waals surface area contributed by atoms with Crippen molar-refractivity contribution in [2.24, 2.45) is 0 Å². The Bertz CT molecular complexity index is 1220. The maximum Gasteiger partial charge on any atom is 0.237 e. The Hall–Kier alpha value is -2.49. The average molecular weight is 477 g/mol. The molecule has 7 nitrogen and oxygen atoms in total. The zero-order valence-corrected chi connectivity index (χ0v) is 19.3. The van der Waals surface area contributed by atoms with E-state index in [2.05, 4.69) is 20.0 Å². The van der Waals surface area contributed by atoms with Gasteiger partial charge in [0.15, 0.2) is 5.13 Å². The first-order chi connectivity index (χ1) is 14.7. The van der Waals surface area contributed by atoms with Gasteiger partial charge >= 0.3 is 0 Å². The van der Waals surface area contributed by atoms with Crippen LogP contribution in [0.2, 0.25) is 5.02 Å². The van der Waals surface area contributed by atoms with Gasteiger partial charge in [-0.3, -0.25) is 14.5 Å². The number of carbonyl (C=O) groups excluding carboxylic acids is 1. The second kappa shape index (κ2) is 8.22. The fourth-order valence-corrected chi connectivity index (χ4v) is 5.62. The molecule has 1 saturated carbocycles. The van der Waals surface area contributed by atoms with E-state index in [-0.39, 0.29) is 16.3 Å². The second-order valence-corrected chi connectivity index (χ2v) is 11.1. The number of sulfonamides is 1. The van der Waals surface area contributed by atoms with Crippen molar-refractivity contribution in [1.29, 1.82) is 0 Å². The molecule has 2 aromatic heterocycles. The van der Waals surface area contributed by atoms with Crippen molar-refractivity contribution in [2.45, 2.75) is 37.4 Å². The number of thiazole rings is 1. The van der Waals surface area contributed by atoms with Gasteiger partial charge in [-0.1, -0.05) is 23.7 Å². The Labute approximate surface area is 189 Å². The summed E-state index contributed by atoms with van der Waals surface area (Å²) >= 11 is 7.57. The third-order valence-corrected chi connectivity index (χ3v) is 8.14. The molecule has 1 aromatic carbocycles. The Kier molecular flexibility index (Phi) is 5.76. The highest BCUT2D eigenvalue weighted by Gasteiger charge is 2.37. The molecule has 4 rings (SSSR count). The van der Waals surface area contributed by atoms with E-state index in [1.54, 1.807) is 43.8 Å². The van der Waals surface area contributed by atoms with Gasteiger partial charge in [-0.25, -0.2) is 13.4 Å². The summed E-state index contributed by atoms with van der Waals surface area (Å²) in [5, 5.41) is 4.87. The molecule has 31 heavy (non-hydrogen) atoms. The standard InChI is InChI=1S/C21H21ClN4O3S2/c1-21(2,18-12-30-20(25-18)26-31(28,29)15-6-7-15)19(27)24-17-8-5-13(10-16(17)22)14-4-3-9-23-11-14/h3-5,8-12,15H,6-7H2,1-2H3,(H,24,27)(H,25,26). The summed E-state index contributed by atoms with van der Waals surface area (Å²) in [6.45, 7) is 3.46. The maximum absolute atomic E-state index is 13.0. The number of pyridine rings is 1. The van der Waals surface area contributed by atoms with Gasteiger partial charge in [0.2, 0.25) is 15.9 Å². The summed E-state index contributed by atoms with van der Waals surface area (Å²) in [7, 11) is -3.40. The van der Waals surface area contributed by atoms with Gasteiger partial charge < -0.3 is 5.32 Å². The fourth-order valence-electron chi connectivity index (χ4n) is 2.92. The number of benzene rings is 1. The minimum Gasteiger partial charge on any atom is -0.324 e. The number of nitrogens with one attached hydrogen (secondary N) is 2. The van der Waals surface area contributed by atoms with E-state index in [9.17, 15) is 13.2 Å². The van der Waals surface area contributed by atoms with Crippen LogP contribution < -0.4 is 10.0 Å². The van der Waals surface area contributed by atoms with Crippen molar-refractivity contribution in [1.82, 2.24) is 9.97 Å². The van der Waals surface area contributed by atoms with Crippen LogP contribution in [0.5, 0.6) is 0 Å². The summed E-state index contributed by atoms with van der Waals surface area (Å²) in [5.74, 6) is -0.301. The molecule has 162 valence electrons. The van der Waals surface area contributed by atoms with E-state index in [4.69, 9.17) is 11.6 Å². The molecular weight excluding hydrogens is 456 g/mol. The Morgan fingerprint density at radius 2 is 2.00 bits per heavy atom. The molecule has 0 unspecified atom stereocenters.